The fourth-order valence-electron chi connectivity index (χ4n) is 1.42. The molecule has 0 radical (unpaired) electrons. The van der Waals surface area contributed by atoms with Crippen molar-refractivity contribution in [2.75, 3.05) is 19.0 Å². The Morgan fingerprint density at radius 1 is 1.35 bits per heavy atom. The molecule has 1 rings (SSSR count). The van der Waals surface area contributed by atoms with Crippen LogP contribution in [0, 0.1) is 5.92 Å². The molecule has 0 amide bonds. The summed E-state index contributed by atoms with van der Waals surface area (Å²) in [6, 6.07) is 6.83. The molecule has 1 aromatic carbocycles. The van der Waals surface area contributed by atoms with Crippen LogP contribution in [0.2, 0.25) is 5.02 Å². The van der Waals surface area contributed by atoms with Crippen LogP contribution in [0.1, 0.15) is 6.92 Å². The zero-order valence-corrected chi connectivity index (χ0v) is 12.6. The van der Waals surface area contributed by atoms with Gasteiger partial charge in [0.2, 0.25) is 5.92 Å². The lowest BCUT2D eigenvalue weighted by Gasteiger charge is -2.16. The number of esters is 2. The highest BCUT2D eigenvalue weighted by Gasteiger charge is 2.33. The molecule has 7 heteroatoms. The minimum Gasteiger partial charge on any atom is -0.468 e. The van der Waals surface area contributed by atoms with Crippen LogP contribution in [0.4, 0.5) is 5.69 Å². The van der Waals surface area contributed by atoms with E-state index in [9.17, 15) is 9.59 Å². The van der Waals surface area contributed by atoms with Crippen LogP contribution < -0.4 is 5.32 Å². The van der Waals surface area contributed by atoms with E-state index in [0.717, 1.165) is 0 Å². The van der Waals surface area contributed by atoms with Gasteiger partial charge in [0.15, 0.2) is 0 Å². The number of halogens is 1. The number of rotatable bonds is 5. The molecule has 0 aliphatic heterocycles. The number of hydrogen-bond donors (Lipinski definition) is 1. The number of carbonyl (C=O) groups excluding carboxylic acids is 2. The second-order valence-corrected chi connectivity index (χ2v) is 4.52. The number of hydrogen-bond acceptors (Lipinski definition) is 5. The number of methoxy groups -OCH3 is 1. The smallest absolute Gasteiger partial charge is 0.327 e. The summed E-state index contributed by atoms with van der Waals surface area (Å²) in [5, 5.41) is 3.18. The van der Waals surface area contributed by atoms with Gasteiger partial charge in [0.25, 0.3) is 0 Å². The van der Waals surface area contributed by atoms with Crippen molar-refractivity contribution in [1.82, 2.24) is 0 Å². The normalized spacial score (nSPS) is 11.3. The summed E-state index contributed by atoms with van der Waals surface area (Å²) >= 11 is 11.1. The molecule has 1 aromatic rings. The fourth-order valence-corrected chi connectivity index (χ4v) is 1.91. The zero-order chi connectivity index (χ0) is 15.1. The molecule has 1 unspecified atom stereocenters. The van der Waals surface area contributed by atoms with E-state index in [-0.39, 0.29) is 11.6 Å². The maximum atomic E-state index is 11.8. The van der Waals surface area contributed by atoms with Gasteiger partial charge in [-0.25, -0.2) is 0 Å². The summed E-state index contributed by atoms with van der Waals surface area (Å²) in [6.45, 7) is 1.78. The van der Waals surface area contributed by atoms with Crippen LogP contribution >= 0.6 is 23.8 Å². The molecule has 0 heterocycles. The lowest BCUT2D eigenvalue weighted by Crippen LogP contribution is -2.37. The quantitative estimate of drug-likeness (QED) is 0.511. The highest BCUT2D eigenvalue weighted by atomic mass is 35.5. The van der Waals surface area contributed by atoms with Crippen molar-refractivity contribution in [2.45, 2.75) is 6.92 Å². The molecule has 0 aliphatic rings. The summed E-state index contributed by atoms with van der Waals surface area (Å²) in [4.78, 5) is 23.4. The first kappa shape index (κ1) is 16.4. The van der Waals surface area contributed by atoms with Crippen molar-refractivity contribution in [3.8, 4) is 0 Å². The minimum absolute atomic E-state index is 0.0246. The first-order chi connectivity index (χ1) is 9.51. The predicted octanol–water partition coefficient (Wildman–Crippen LogP) is 2.43. The van der Waals surface area contributed by atoms with Crippen LogP contribution in [0.5, 0.6) is 0 Å². The van der Waals surface area contributed by atoms with E-state index < -0.39 is 17.9 Å². The van der Waals surface area contributed by atoms with Crippen LogP contribution in [0.25, 0.3) is 0 Å². The van der Waals surface area contributed by atoms with Crippen molar-refractivity contribution in [3.05, 3.63) is 29.3 Å². The molecular weight excluding hydrogens is 302 g/mol. The van der Waals surface area contributed by atoms with Gasteiger partial charge in [0, 0.05) is 0 Å². The molecule has 1 N–H and O–H groups in total. The van der Waals surface area contributed by atoms with Crippen LogP contribution in [0.15, 0.2) is 24.3 Å². The van der Waals surface area contributed by atoms with E-state index >= 15 is 0 Å². The summed E-state index contributed by atoms with van der Waals surface area (Å²) in [5.74, 6) is -2.86. The number of ether oxygens (including phenoxy) is 2. The Morgan fingerprint density at radius 3 is 2.55 bits per heavy atom. The molecular formula is C13H14ClNO4S. The first-order valence-electron chi connectivity index (χ1n) is 5.81. The fraction of sp³-hybridized carbons (Fsp3) is 0.308. The number of thiocarbonyl (C=S) groups is 1. The van der Waals surface area contributed by atoms with Gasteiger partial charge in [-0.2, -0.15) is 0 Å². The van der Waals surface area contributed by atoms with Crippen LogP contribution in [0.3, 0.4) is 0 Å². The van der Waals surface area contributed by atoms with Crippen LogP contribution in [-0.4, -0.2) is 30.6 Å². The largest absolute Gasteiger partial charge is 0.468 e. The monoisotopic (exact) mass is 315 g/mol. The van der Waals surface area contributed by atoms with Crippen molar-refractivity contribution < 1.29 is 19.1 Å². The van der Waals surface area contributed by atoms with Gasteiger partial charge in [0.05, 0.1) is 24.4 Å². The van der Waals surface area contributed by atoms with E-state index in [2.05, 4.69) is 10.1 Å². The SMILES string of the molecule is CCOC(=O)C(C(=O)OC)C(=S)Nc1ccccc1Cl. The Morgan fingerprint density at radius 2 is 2.00 bits per heavy atom. The van der Waals surface area contributed by atoms with Crippen molar-refractivity contribution in [3.63, 3.8) is 0 Å². The molecule has 0 fully saturated rings. The summed E-state index contributed by atoms with van der Waals surface area (Å²) < 4.78 is 9.38. The molecule has 0 aliphatic carbocycles. The number of anilines is 1. The van der Waals surface area contributed by atoms with Crippen molar-refractivity contribution in [2.24, 2.45) is 5.92 Å². The lowest BCUT2D eigenvalue weighted by atomic mass is 10.1. The second-order valence-electron chi connectivity index (χ2n) is 3.68. The average molecular weight is 316 g/mol. The molecule has 0 saturated carbocycles. The molecule has 5 nitrogen and oxygen atoms in total. The molecule has 0 saturated heterocycles. The Labute approximate surface area is 127 Å². The van der Waals surface area contributed by atoms with Gasteiger partial charge < -0.3 is 14.8 Å². The van der Waals surface area contributed by atoms with E-state index in [4.69, 9.17) is 28.6 Å². The van der Waals surface area contributed by atoms with Gasteiger partial charge in [-0.1, -0.05) is 36.0 Å². The zero-order valence-electron chi connectivity index (χ0n) is 11.0. The van der Waals surface area contributed by atoms with Crippen LogP contribution in [-0.2, 0) is 19.1 Å². The van der Waals surface area contributed by atoms with Gasteiger partial charge in [-0.15, -0.1) is 0 Å². The van der Waals surface area contributed by atoms with Gasteiger partial charge in [-0.3, -0.25) is 9.59 Å². The average Bonchev–Trinajstić information content (AvgIpc) is 2.41. The highest BCUT2D eigenvalue weighted by Crippen LogP contribution is 2.22. The third-order valence-corrected chi connectivity index (χ3v) is 3.02. The second kappa shape index (κ2) is 7.81. The van der Waals surface area contributed by atoms with E-state index in [1.807, 2.05) is 0 Å². The maximum Gasteiger partial charge on any atom is 0.327 e. The number of benzene rings is 1. The van der Waals surface area contributed by atoms with E-state index in [1.54, 1.807) is 31.2 Å². The van der Waals surface area contributed by atoms with Gasteiger partial charge >= 0.3 is 11.9 Å². The maximum absolute atomic E-state index is 11.8. The molecule has 108 valence electrons. The molecule has 20 heavy (non-hydrogen) atoms. The topological polar surface area (TPSA) is 64.6 Å². The Balaban J connectivity index is 2.91. The highest BCUT2D eigenvalue weighted by molar-refractivity contribution is 7.80. The van der Waals surface area contributed by atoms with E-state index in [0.29, 0.717) is 10.7 Å². The molecule has 1 atom stereocenters. The number of nitrogens with one attached hydrogen (secondary N) is 1. The Hall–Kier alpha value is -1.66. The molecule has 0 bridgehead atoms. The summed E-state index contributed by atoms with van der Waals surface area (Å²) in [7, 11) is 1.17. The van der Waals surface area contributed by atoms with E-state index in [1.165, 1.54) is 7.11 Å². The molecule has 0 spiro atoms. The Kier molecular flexibility index (Phi) is 6.41. The summed E-state index contributed by atoms with van der Waals surface area (Å²) in [5.41, 5.74) is 0.498. The lowest BCUT2D eigenvalue weighted by molar-refractivity contribution is -0.156. The Bertz CT molecular complexity index is 521. The van der Waals surface area contributed by atoms with Gasteiger partial charge in [-0.05, 0) is 19.1 Å². The third kappa shape index (κ3) is 4.18. The van der Waals surface area contributed by atoms with Gasteiger partial charge in [0.1, 0.15) is 4.99 Å². The third-order valence-electron chi connectivity index (χ3n) is 2.35. The molecule has 0 aromatic heterocycles. The first-order valence-corrected chi connectivity index (χ1v) is 6.59. The number of para-hydroxylation sites is 1. The predicted molar refractivity (Wildman–Crippen MR) is 79.8 cm³/mol. The number of carbonyl (C=O) groups is 2. The minimum atomic E-state index is -1.31. The summed E-state index contributed by atoms with van der Waals surface area (Å²) in [6.07, 6.45) is 0. The van der Waals surface area contributed by atoms with Crippen molar-refractivity contribution >= 4 is 46.4 Å². The standard InChI is InChI=1S/C13H14ClNO4S/c1-3-19-13(17)10(12(16)18-2)11(20)15-9-7-5-4-6-8(9)14/h4-7,10H,3H2,1-2H3,(H,15,20). The van der Waals surface area contributed by atoms with Crippen molar-refractivity contribution in [1.29, 1.82) is 0 Å².